The average molecular weight is 314 g/mol. The predicted octanol–water partition coefficient (Wildman–Crippen LogP) is 2.84. The number of rotatable bonds is 2. The normalized spacial score (nSPS) is 10.6. The van der Waals surface area contributed by atoms with Crippen LogP contribution in [0.25, 0.3) is 0 Å². The summed E-state index contributed by atoms with van der Waals surface area (Å²) in [6, 6.07) is 0. The fourth-order valence-corrected chi connectivity index (χ4v) is 1.60. The van der Waals surface area contributed by atoms with E-state index in [-0.39, 0.29) is 3.57 Å². The third-order valence-electron chi connectivity index (χ3n) is 1.63. The Morgan fingerprint density at radius 2 is 2.21 bits per heavy atom. The van der Waals surface area contributed by atoms with E-state index in [0.717, 1.165) is 6.20 Å². The molecule has 0 aliphatic carbocycles. The largest absolute Gasteiger partial charge is 0.297 e. The van der Waals surface area contributed by atoms with Crippen molar-refractivity contribution in [3.05, 3.63) is 31.1 Å². The summed E-state index contributed by atoms with van der Waals surface area (Å²) in [6.45, 7) is 1.53. The van der Waals surface area contributed by atoms with Crippen LogP contribution in [0.2, 0.25) is 0 Å². The lowest BCUT2D eigenvalue weighted by Crippen LogP contribution is -2.02. The van der Waals surface area contributed by atoms with Crippen molar-refractivity contribution in [3.8, 4) is 0 Å². The summed E-state index contributed by atoms with van der Waals surface area (Å²) in [6.07, 6.45) is -2.00. The maximum atomic E-state index is 12.5. The summed E-state index contributed by atoms with van der Waals surface area (Å²) < 4.78 is 25.1. The van der Waals surface area contributed by atoms with Gasteiger partial charge in [0.2, 0.25) is 0 Å². The van der Waals surface area contributed by atoms with E-state index in [1.54, 1.807) is 22.6 Å². The van der Waals surface area contributed by atoms with Crippen LogP contribution >= 0.6 is 22.6 Å². The number of hydrogen-bond acceptors (Lipinski definition) is 3. The maximum Gasteiger partial charge on any atom is 0.297 e. The van der Waals surface area contributed by atoms with Gasteiger partial charge in [0, 0.05) is 0 Å². The molecule has 4 nitrogen and oxygen atoms in total. The number of nitro groups is 1. The first-order chi connectivity index (χ1) is 6.45. The van der Waals surface area contributed by atoms with Gasteiger partial charge in [-0.25, -0.2) is 8.78 Å². The van der Waals surface area contributed by atoms with E-state index in [0.29, 0.717) is 5.69 Å². The molecule has 1 rings (SSSR count). The fourth-order valence-electron chi connectivity index (χ4n) is 0.945. The molecule has 1 aromatic rings. The molecule has 0 aliphatic heterocycles. The van der Waals surface area contributed by atoms with E-state index >= 15 is 0 Å². The van der Waals surface area contributed by atoms with Crippen LogP contribution in [-0.4, -0.2) is 9.91 Å². The molecular weight excluding hydrogens is 309 g/mol. The lowest BCUT2D eigenvalue weighted by Gasteiger charge is -2.05. The number of hydrogen-bond donors (Lipinski definition) is 0. The second kappa shape index (κ2) is 4.11. The van der Waals surface area contributed by atoms with Crippen molar-refractivity contribution in [2.75, 3.05) is 0 Å². The van der Waals surface area contributed by atoms with Crippen molar-refractivity contribution in [3.63, 3.8) is 0 Å². The first kappa shape index (κ1) is 11.2. The van der Waals surface area contributed by atoms with E-state index in [2.05, 4.69) is 4.98 Å². The van der Waals surface area contributed by atoms with Gasteiger partial charge < -0.3 is 0 Å². The van der Waals surface area contributed by atoms with Crippen molar-refractivity contribution in [1.29, 1.82) is 0 Å². The zero-order valence-corrected chi connectivity index (χ0v) is 9.16. The Balaban J connectivity index is 3.45. The number of aromatic nitrogens is 1. The second-order valence-corrected chi connectivity index (χ2v) is 3.59. The molecule has 0 unspecified atom stereocenters. The highest BCUT2D eigenvalue weighted by Gasteiger charge is 2.26. The standard InChI is InChI=1S/C7H5F2IN2O2/c1-3-6(10)5(7(8)9)4(2-11-3)12(13)14/h2,7H,1H3. The van der Waals surface area contributed by atoms with E-state index in [9.17, 15) is 18.9 Å². The summed E-state index contributed by atoms with van der Waals surface area (Å²) in [4.78, 5) is 13.2. The van der Waals surface area contributed by atoms with Crippen LogP contribution in [-0.2, 0) is 0 Å². The number of halogens is 3. The van der Waals surface area contributed by atoms with E-state index < -0.39 is 22.6 Å². The van der Waals surface area contributed by atoms with Crippen molar-refractivity contribution in [1.82, 2.24) is 4.98 Å². The number of aryl methyl sites for hydroxylation is 1. The molecule has 0 saturated carbocycles. The first-order valence-corrected chi connectivity index (χ1v) is 4.60. The Hall–Kier alpha value is -0.860. The molecule has 0 radical (unpaired) electrons. The molecule has 14 heavy (non-hydrogen) atoms. The molecule has 0 atom stereocenters. The Labute approximate surface area is 91.6 Å². The van der Waals surface area contributed by atoms with Crippen molar-refractivity contribution in [2.24, 2.45) is 0 Å². The predicted molar refractivity (Wildman–Crippen MR) is 53.3 cm³/mol. The third-order valence-corrected chi connectivity index (χ3v) is 2.99. The van der Waals surface area contributed by atoms with Gasteiger partial charge in [0.15, 0.2) is 0 Å². The minimum atomic E-state index is -2.86. The molecule has 0 saturated heterocycles. The van der Waals surface area contributed by atoms with Crippen LogP contribution in [0.3, 0.4) is 0 Å². The molecule has 0 bridgehead atoms. The summed E-state index contributed by atoms with van der Waals surface area (Å²) in [7, 11) is 0. The Morgan fingerprint density at radius 1 is 1.64 bits per heavy atom. The maximum absolute atomic E-state index is 12.5. The van der Waals surface area contributed by atoms with Crippen LogP contribution in [0, 0.1) is 20.6 Å². The van der Waals surface area contributed by atoms with Crippen molar-refractivity contribution in [2.45, 2.75) is 13.3 Å². The van der Waals surface area contributed by atoms with E-state index in [1.165, 1.54) is 6.92 Å². The second-order valence-electron chi connectivity index (χ2n) is 2.51. The average Bonchev–Trinajstić information content (AvgIpc) is 2.08. The molecule has 76 valence electrons. The highest BCUT2D eigenvalue weighted by atomic mass is 127. The van der Waals surface area contributed by atoms with Gasteiger partial charge in [-0.15, -0.1) is 0 Å². The van der Waals surface area contributed by atoms with E-state index in [1.807, 2.05) is 0 Å². The first-order valence-electron chi connectivity index (χ1n) is 3.52. The minimum absolute atomic E-state index is 0.145. The molecule has 0 spiro atoms. The van der Waals surface area contributed by atoms with Crippen LogP contribution in [0.15, 0.2) is 6.20 Å². The molecule has 0 amide bonds. The minimum Gasteiger partial charge on any atom is -0.258 e. The monoisotopic (exact) mass is 314 g/mol. The summed E-state index contributed by atoms with van der Waals surface area (Å²) >= 11 is 1.63. The molecule has 0 fully saturated rings. The summed E-state index contributed by atoms with van der Waals surface area (Å²) in [5.41, 5.74) is -0.815. The summed E-state index contributed by atoms with van der Waals surface area (Å²) in [5.74, 6) is 0. The number of alkyl halides is 2. The van der Waals surface area contributed by atoms with Crippen molar-refractivity contribution < 1.29 is 13.7 Å². The third kappa shape index (κ3) is 1.97. The lowest BCUT2D eigenvalue weighted by molar-refractivity contribution is -0.386. The van der Waals surface area contributed by atoms with Gasteiger partial charge in [-0.05, 0) is 29.5 Å². The van der Waals surface area contributed by atoms with Crippen LogP contribution in [0.5, 0.6) is 0 Å². The van der Waals surface area contributed by atoms with Gasteiger partial charge in [0.05, 0.1) is 14.2 Å². The van der Waals surface area contributed by atoms with Gasteiger partial charge >= 0.3 is 0 Å². The zero-order valence-electron chi connectivity index (χ0n) is 7.00. The van der Waals surface area contributed by atoms with Crippen LogP contribution < -0.4 is 0 Å². The zero-order chi connectivity index (χ0) is 10.9. The van der Waals surface area contributed by atoms with Crippen molar-refractivity contribution >= 4 is 28.3 Å². The molecule has 1 heterocycles. The number of pyridine rings is 1. The Kier molecular flexibility index (Phi) is 3.29. The van der Waals surface area contributed by atoms with Gasteiger partial charge in [-0.2, -0.15) is 0 Å². The molecule has 0 N–H and O–H groups in total. The molecule has 0 aliphatic rings. The van der Waals surface area contributed by atoms with Gasteiger partial charge in [0.1, 0.15) is 11.8 Å². The molecule has 0 aromatic carbocycles. The Morgan fingerprint density at radius 3 is 2.64 bits per heavy atom. The van der Waals surface area contributed by atoms with E-state index in [4.69, 9.17) is 0 Å². The SMILES string of the molecule is Cc1ncc([N+](=O)[O-])c(C(F)F)c1I. The Bertz CT molecular complexity index is 384. The highest BCUT2D eigenvalue weighted by Crippen LogP contribution is 2.33. The fraction of sp³-hybridized carbons (Fsp3) is 0.286. The quantitative estimate of drug-likeness (QED) is 0.479. The molecule has 1 aromatic heterocycles. The van der Waals surface area contributed by atoms with Crippen LogP contribution in [0.4, 0.5) is 14.5 Å². The lowest BCUT2D eigenvalue weighted by atomic mass is 10.2. The molecule has 7 heteroatoms. The topological polar surface area (TPSA) is 56.0 Å². The number of nitrogens with zero attached hydrogens (tertiary/aromatic N) is 2. The molecular formula is C7H5F2IN2O2. The van der Waals surface area contributed by atoms with Gasteiger partial charge in [-0.3, -0.25) is 15.1 Å². The van der Waals surface area contributed by atoms with Crippen LogP contribution in [0.1, 0.15) is 17.7 Å². The summed E-state index contributed by atoms with van der Waals surface area (Å²) in [5, 5.41) is 10.4. The smallest absolute Gasteiger partial charge is 0.258 e. The highest BCUT2D eigenvalue weighted by molar-refractivity contribution is 14.1. The van der Waals surface area contributed by atoms with Gasteiger partial charge in [-0.1, -0.05) is 0 Å². The van der Waals surface area contributed by atoms with Gasteiger partial charge in [0.25, 0.3) is 12.1 Å².